The molecule has 14 heavy (non-hydrogen) atoms. The molecule has 0 atom stereocenters. The Morgan fingerprint density at radius 2 is 1.50 bits per heavy atom. The number of rotatable bonds is 8. The molecule has 0 aromatic heterocycles. The van der Waals surface area contributed by atoms with Gasteiger partial charge < -0.3 is 0 Å². The molecule has 0 spiro atoms. The Kier molecular flexibility index (Phi) is 8.26. The first-order chi connectivity index (χ1) is 6.56. The van der Waals surface area contributed by atoms with Gasteiger partial charge in [0.1, 0.15) is 0 Å². The van der Waals surface area contributed by atoms with Gasteiger partial charge in [-0.05, 0) is 18.3 Å². The summed E-state index contributed by atoms with van der Waals surface area (Å²) >= 11 is 0. The minimum absolute atomic E-state index is 0.770. The predicted octanol–water partition coefficient (Wildman–Crippen LogP) is 3.95. The second-order valence-corrected chi connectivity index (χ2v) is 5.07. The summed E-state index contributed by atoms with van der Waals surface area (Å²) in [5, 5.41) is 0. The van der Waals surface area contributed by atoms with Gasteiger partial charge in [-0.2, -0.15) is 0 Å². The highest BCUT2D eigenvalue weighted by Crippen LogP contribution is 2.09. The molecule has 0 aromatic carbocycles. The van der Waals surface area contributed by atoms with E-state index in [9.17, 15) is 0 Å². The Morgan fingerprint density at radius 1 is 1.00 bits per heavy atom. The van der Waals surface area contributed by atoms with Crippen molar-refractivity contribution in [2.45, 2.75) is 53.9 Å². The summed E-state index contributed by atoms with van der Waals surface area (Å²) in [6, 6.07) is 0. The maximum Gasteiger partial charge on any atom is 0.0251 e. The molecule has 0 bridgehead atoms. The fourth-order valence-electron chi connectivity index (χ4n) is 1.64. The van der Waals surface area contributed by atoms with Gasteiger partial charge in [-0.1, -0.05) is 47.5 Å². The molecule has 0 unspecified atom stereocenters. The minimum atomic E-state index is 0.770. The lowest BCUT2D eigenvalue weighted by molar-refractivity contribution is 0.257. The average Bonchev–Trinajstić information content (AvgIpc) is 2.02. The SMILES string of the molecule is CCCC[CH]N(CC(C)C)CC(C)C. The van der Waals surface area contributed by atoms with Crippen LogP contribution in [0.2, 0.25) is 0 Å². The zero-order valence-corrected chi connectivity index (χ0v) is 10.7. The van der Waals surface area contributed by atoms with E-state index in [0.29, 0.717) is 0 Å². The molecule has 0 aliphatic heterocycles. The normalized spacial score (nSPS) is 12.0. The smallest absolute Gasteiger partial charge is 0.0251 e. The molecule has 0 fully saturated rings. The van der Waals surface area contributed by atoms with Gasteiger partial charge in [0.15, 0.2) is 0 Å². The fraction of sp³-hybridized carbons (Fsp3) is 0.923. The van der Waals surface area contributed by atoms with Crippen LogP contribution in [0.1, 0.15) is 53.9 Å². The molecule has 1 radical (unpaired) electrons. The first-order valence-electron chi connectivity index (χ1n) is 6.13. The Hall–Kier alpha value is -0.0400. The van der Waals surface area contributed by atoms with Gasteiger partial charge in [-0.3, -0.25) is 4.90 Å². The first-order valence-corrected chi connectivity index (χ1v) is 6.13. The zero-order chi connectivity index (χ0) is 11.0. The van der Waals surface area contributed by atoms with Crippen LogP contribution in [-0.4, -0.2) is 18.0 Å². The fourth-order valence-corrected chi connectivity index (χ4v) is 1.64. The summed E-state index contributed by atoms with van der Waals surface area (Å²) in [6.45, 7) is 16.3. The molecular formula is C13H28N. The first kappa shape index (κ1) is 14.0. The summed E-state index contributed by atoms with van der Waals surface area (Å²) in [7, 11) is 0. The monoisotopic (exact) mass is 198 g/mol. The van der Waals surface area contributed by atoms with E-state index in [2.05, 4.69) is 46.1 Å². The molecule has 0 saturated carbocycles. The van der Waals surface area contributed by atoms with Crippen LogP contribution in [0.15, 0.2) is 0 Å². The molecule has 0 saturated heterocycles. The number of hydrogen-bond donors (Lipinski definition) is 0. The topological polar surface area (TPSA) is 3.24 Å². The van der Waals surface area contributed by atoms with Crippen molar-refractivity contribution < 1.29 is 0 Å². The van der Waals surface area contributed by atoms with E-state index in [0.717, 1.165) is 11.8 Å². The van der Waals surface area contributed by atoms with Crippen molar-refractivity contribution in [3.63, 3.8) is 0 Å². The van der Waals surface area contributed by atoms with Gasteiger partial charge in [0.2, 0.25) is 0 Å². The van der Waals surface area contributed by atoms with Crippen LogP contribution in [0.4, 0.5) is 0 Å². The summed E-state index contributed by atoms with van der Waals surface area (Å²) in [5.74, 6) is 1.54. The third kappa shape index (κ3) is 8.55. The van der Waals surface area contributed by atoms with E-state index in [1.807, 2.05) is 0 Å². The standard InChI is InChI=1S/C13H28N/c1-6-7-8-9-14(10-12(2)3)11-13(4)5/h9,12-13H,6-8,10-11H2,1-5H3. The van der Waals surface area contributed by atoms with E-state index >= 15 is 0 Å². The van der Waals surface area contributed by atoms with Gasteiger partial charge in [-0.15, -0.1) is 0 Å². The van der Waals surface area contributed by atoms with Crippen LogP contribution in [0.3, 0.4) is 0 Å². The van der Waals surface area contributed by atoms with E-state index in [4.69, 9.17) is 0 Å². The molecule has 0 heterocycles. The molecule has 85 valence electrons. The van der Waals surface area contributed by atoms with Crippen molar-refractivity contribution in [2.75, 3.05) is 13.1 Å². The van der Waals surface area contributed by atoms with Crippen molar-refractivity contribution in [3.05, 3.63) is 6.54 Å². The Morgan fingerprint density at radius 3 is 1.86 bits per heavy atom. The molecule has 0 aliphatic rings. The maximum atomic E-state index is 2.50. The van der Waals surface area contributed by atoms with E-state index in [1.165, 1.54) is 32.4 Å². The Labute approximate surface area is 90.9 Å². The largest absolute Gasteiger partial charge is 0.298 e. The summed E-state index contributed by atoms with van der Waals surface area (Å²) in [4.78, 5) is 2.50. The molecule has 0 aliphatic carbocycles. The maximum absolute atomic E-state index is 2.50. The van der Waals surface area contributed by atoms with Crippen molar-refractivity contribution in [2.24, 2.45) is 11.8 Å². The highest BCUT2D eigenvalue weighted by Gasteiger charge is 2.08. The number of nitrogens with zero attached hydrogens (tertiary/aromatic N) is 1. The van der Waals surface area contributed by atoms with E-state index in [-0.39, 0.29) is 0 Å². The summed E-state index contributed by atoms with van der Waals surface area (Å²) < 4.78 is 0. The van der Waals surface area contributed by atoms with E-state index < -0.39 is 0 Å². The molecule has 0 N–H and O–H groups in total. The third-order valence-corrected chi connectivity index (χ3v) is 2.14. The van der Waals surface area contributed by atoms with Gasteiger partial charge in [0.25, 0.3) is 0 Å². The summed E-state index contributed by atoms with van der Waals surface area (Å²) in [6.07, 6.45) is 3.87. The highest BCUT2D eigenvalue weighted by molar-refractivity contribution is 4.71. The number of hydrogen-bond acceptors (Lipinski definition) is 1. The summed E-state index contributed by atoms with van der Waals surface area (Å²) in [5.41, 5.74) is 0. The van der Waals surface area contributed by atoms with Crippen LogP contribution in [0.25, 0.3) is 0 Å². The lowest BCUT2D eigenvalue weighted by atomic mass is 10.1. The van der Waals surface area contributed by atoms with Gasteiger partial charge in [0, 0.05) is 19.6 Å². The minimum Gasteiger partial charge on any atom is -0.298 e. The molecular weight excluding hydrogens is 170 g/mol. The van der Waals surface area contributed by atoms with Crippen LogP contribution >= 0.6 is 0 Å². The van der Waals surface area contributed by atoms with Crippen LogP contribution in [0, 0.1) is 18.4 Å². The van der Waals surface area contributed by atoms with Gasteiger partial charge in [0.05, 0.1) is 0 Å². The molecule has 1 heteroatoms. The molecule has 0 rings (SSSR count). The number of unbranched alkanes of at least 4 members (excludes halogenated alkanes) is 2. The van der Waals surface area contributed by atoms with Crippen LogP contribution < -0.4 is 0 Å². The third-order valence-electron chi connectivity index (χ3n) is 2.14. The van der Waals surface area contributed by atoms with Crippen LogP contribution in [-0.2, 0) is 0 Å². The average molecular weight is 198 g/mol. The van der Waals surface area contributed by atoms with Gasteiger partial charge >= 0.3 is 0 Å². The lowest BCUT2D eigenvalue weighted by Crippen LogP contribution is -2.29. The van der Waals surface area contributed by atoms with Crippen molar-refractivity contribution in [1.82, 2.24) is 4.90 Å². The molecule has 1 nitrogen and oxygen atoms in total. The van der Waals surface area contributed by atoms with Crippen molar-refractivity contribution in [1.29, 1.82) is 0 Å². The molecule has 0 aromatic rings. The quantitative estimate of drug-likeness (QED) is 0.534. The predicted molar refractivity (Wildman–Crippen MR) is 65.1 cm³/mol. The Balaban J connectivity index is 3.72. The zero-order valence-electron chi connectivity index (χ0n) is 10.7. The van der Waals surface area contributed by atoms with Crippen molar-refractivity contribution in [3.8, 4) is 0 Å². The van der Waals surface area contributed by atoms with Crippen LogP contribution in [0.5, 0.6) is 0 Å². The molecule has 0 amide bonds. The second kappa shape index (κ2) is 8.28. The van der Waals surface area contributed by atoms with E-state index in [1.54, 1.807) is 0 Å². The van der Waals surface area contributed by atoms with Crippen molar-refractivity contribution >= 4 is 0 Å². The Bertz CT molecular complexity index is 108. The lowest BCUT2D eigenvalue weighted by Gasteiger charge is -2.25. The van der Waals surface area contributed by atoms with Gasteiger partial charge in [-0.25, -0.2) is 0 Å². The second-order valence-electron chi connectivity index (χ2n) is 5.07. The highest BCUT2D eigenvalue weighted by atomic mass is 15.1.